The van der Waals surface area contributed by atoms with Crippen molar-refractivity contribution in [3.8, 4) is 0 Å². The van der Waals surface area contributed by atoms with Crippen LogP contribution in [0.15, 0.2) is 0 Å². The fourth-order valence-electron chi connectivity index (χ4n) is 3.14. The Balaban J connectivity index is 5.54. The Bertz CT molecular complexity index is 806. The number of esters is 1. The van der Waals surface area contributed by atoms with Crippen molar-refractivity contribution in [2.75, 3.05) is 6.61 Å². The highest BCUT2D eigenvalue weighted by molar-refractivity contribution is 5.79. The second kappa shape index (κ2) is 13.1. The van der Waals surface area contributed by atoms with Gasteiger partial charge in [0, 0.05) is 0 Å². The molecule has 0 saturated heterocycles. The van der Waals surface area contributed by atoms with Gasteiger partial charge < -0.3 is 4.74 Å². The zero-order chi connectivity index (χ0) is 32.1. The second-order valence-corrected chi connectivity index (χ2v) is 8.84. The van der Waals surface area contributed by atoms with E-state index in [1.54, 1.807) is 0 Å². The maximum Gasteiger partial charge on any atom is 0.460 e. The van der Waals surface area contributed by atoms with E-state index in [4.69, 9.17) is 0 Å². The first-order valence-electron chi connectivity index (χ1n) is 11.6. The van der Waals surface area contributed by atoms with Crippen LogP contribution in [0.2, 0.25) is 0 Å². The van der Waals surface area contributed by atoms with Gasteiger partial charge in [-0.1, -0.05) is 64.7 Å². The van der Waals surface area contributed by atoms with E-state index in [-0.39, 0.29) is 12.8 Å². The van der Waals surface area contributed by atoms with E-state index in [2.05, 4.69) is 4.74 Å². The topological polar surface area (TPSA) is 26.3 Å². The molecule has 0 aliphatic rings. The van der Waals surface area contributed by atoms with Crippen molar-refractivity contribution in [3.05, 3.63) is 0 Å². The Labute approximate surface area is 216 Å². The molecule has 0 saturated carbocycles. The van der Waals surface area contributed by atoms with Crippen LogP contribution in [0, 0.1) is 0 Å². The van der Waals surface area contributed by atoms with Gasteiger partial charge in [-0.15, -0.1) is 0 Å². The molecule has 0 aromatic heterocycles. The van der Waals surface area contributed by atoms with E-state index in [0.29, 0.717) is 12.8 Å². The van der Waals surface area contributed by atoms with E-state index in [1.165, 1.54) is 0 Å². The van der Waals surface area contributed by atoms with Gasteiger partial charge in [0.2, 0.25) is 0 Å². The van der Waals surface area contributed by atoms with Crippen molar-refractivity contribution in [2.24, 2.45) is 0 Å². The van der Waals surface area contributed by atoms with E-state index >= 15 is 0 Å². The lowest BCUT2D eigenvalue weighted by molar-refractivity contribution is -0.460. The van der Waals surface area contributed by atoms with Crippen LogP contribution in [0.1, 0.15) is 71.1 Å². The molecule has 0 rings (SSSR count). The summed E-state index contributed by atoms with van der Waals surface area (Å²) in [4.78, 5) is 11.2. The molecule has 0 unspecified atom stereocenters. The molecule has 0 bridgehead atoms. The van der Waals surface area contributed by atoms with E-state index < -0.39 is 60.2 Å². The summed E-state index contributed by atoms with van der Waals surface area (Å²) in [5.74, 6) is -61.7. The molecule has 0 aliphatic carbocycles. The zero-order valence-corrected chi connectivity index (χ0v) is 20.5. The summed E-state index contributed by atoms with van der Waals surface area (Å²) in [6.07, 6.45) is -1.51. The number of alkyl halides is 17. The highest BCUT2D eigenvalue weighted by Gasteiger charge is 2.95. The fourth-order valence-corrected chi connectivity index (χ4v) is 3.14. The van der Waals surface area contributed by atoms with Crippen molar-refractivity contribution in [1.29, 1.82) is 0 Å². The number of carbonyl (C=O) groups excluding carboxylic acids is 1. The maximum atomic E-state index is 13.7. The number of rotatable bonds is 18. The molecule has 40 heavy (non-hydrogen) atoms. The summed E-state index contributed by atoms with van der Waals surface area (Å²) in [6, 6.07) is 0. The summed E-state index contributed by atoms with van der Waals surface area (Å²) in [6.45, 7) is 0.797. The average molecular weight is 632 g/mol. The molecule has 240 valence electrons. The van der Waals surface area contributed by atoms with Crippen LogP contribution in [0.25, 0.3) is 0 Å². The van der Waals surface area contributed by atoms with Gasteiger partial charge >= 0.3 is 53.6 Å². The van der Waals surface area contributed by atoms with Crippen LogP contribution in [0.4, 0.5) is 74.6 Å². The van der Waals surface area contributed by atoms with Gasteiger partial charge in [-0.2, -0.15) is 74.6 Å². The average Bonchev–Trinajstić information content (AvgIpc) is 2.80. The minimum atomic E-state index is -8.73. The number of unbranched alkanes of at least 4 members (excludes halogenated alkanes) is 9. The third-order valence-corrected chi connectivity index (χ3v) is 5.71. The lowest BCUT2D eigenvalue weighted by Crippen LogP contribution is -2.75. The molecule has 2 nitrogen and oxygen atoms in total. The lowest BCUT2D eigenvalue weighted by Gasteiger charge is -2.42. The molecule has 19 heteroatoms. The molecule has 0 amide bonds. The molecule has 0 atom stereocenters. The smallest absolute Gasteiger partial charge is 0.460 e. The third-order valence-electron chi connectivity index (χ3n) is 5.71. The molecule has 0 aromatic carbocycles. The fraction of sp³-hybridized carbons (Fsp3) is 0.952. The van der Waals surface area contributed by atoms with E-state index in [1.807, 2.05) is 6.92 Å². The van der Waals surface area contributed by atoms with E-state index in [0.717, 1.165) is 38.5 Å². The number of ether oxygens (including phenoxy) is 1. The van der Waals surface area contributed by atoms with Gasteiger partial charge in [-0.25, -0.2) is 4.79 Å². The van der Waals surface area contributed by atoms with Gasteiger partial charge in [0.05, 0.1) is 6.61 Å². The van der Waals surface area contributed by atoms with Crippen molar-refractivity contribution in [1.82, 2.24) is 0 Å². The SMILES string of the molecule is CCCCCCCCCCCCOC(=O)C(F)(F)C(F)(F)C(F)(F)C(F)(F)C(F)(F)C(F)(F)C(F)(F)C(F)(F)F. The molecule has 0 N–H and O–H groups in total. The molecule has 0 aliphatic heterocycles. The molecular formula is C21H25F17O2. The van der Waals surface area contributed by atoms with Crippen molar-refractivity contribution in [2.45, 2.75) is 119 Å². The van der Waals surface area contributed by atoms with Gasteiger partial charge in [-0.05, 0) is 6.42 Å². The molecule has 0 aromatic rings. The van der Waals surface area contributed by atoms with Gasteiger partial charge in [0.25, 0.3) is 0 Å². The lowest BCUT2D eigenvalue weighted by atomic mass is 9.89. The summed E-state index contributed by atoms with van der Waals surface area (Å²) < 4.78 is 228. The first-order valence-corrected chi connectivity index (χ1v) is 11.6. The highest BCUT2D eigenvalue weighted by Crippen LogP contribution is 2.64. The Hall–Kier alpha value is -1.72. The predicted octanol–water partition coefficient (Wildman–Crippen LogP) is 9.46. The van der Waals surface area contributed by atoms with Crippen LogP contribution >= 0.6 is 0 Å². The van der Waals surface area contributed by atoms with Crippen LogP contribution in [0.3, 0.4) is 0 Å². The van der Waals surface area contributed by atoms with Crippen LogP contribution in [-0.4, -0.2) is 60.2 Å². The summed E-state index contributed by atoms with van der Waals surface area (Å²) in [5.41, 5.74) is 0. The number of hydrogen-bond donors (Lipinski definition) is 0. The number of carbonyl (C=O) groups is 1. The second-order valence-electron chi connectivity index (χ2n) is 8.84. The monoisotopic (exact) mass is 632 g/mol. The maximum absolute atomic E-state index is 13.7. The van der Waals surface area contributed by atoms with Crippen molar-refractivity contribution in [3.63, 3.8) is 0 Å². The summed E-state index contributed by atoms with van der Waals surface area (Å²) in [7, 11) is 0. The first-order chi connectivity index (χ1) is 17.7. The molecule has 0 fully saturated rings. The molecule has 0 spiro atoms. The quantitative estimate of drug-likeness (QED) is 0.0855. The highest BCUT2D eigenvalue weighted by atomic mass is 19.4. The Kier molecular flexibility index (Phi) is 12.5. The standard InChI is InChI=1S/C21H25F17O2/c1-2-3-4-5-6-7-8-9-10-11-12-40-13(39)14(22,23)15(24,25)16(26,27)17(28,29)18(30,31)19(32,33)20(34,35)21(36,37)38/h2-12H2,1H3. The molecule has 0 radical (unpaired) electrons. The van der Waals surface area contributed by atoms with Gasteiger partial charge in [0.15, 0.2) is 0 Å². The minimum absolute atomic E-state index is 0.104. The first kappa shape index (κ1) is 38.3. The minimum Gasteiger partial charge on any atom is -0.461 e. The Morgan fingerprint density at radius 1 is 0.450 bits per heavy atom. The number of halogens is 17. The van der Waals surface area contributed by atoms with Gasteiger partial charge in [0.1, 0.15) is 0 Å². The van der Waals surface area contributed by atoms with E-state index in [9.17, 15) is 79.4 Å². The third kappa shape index (κ3) is 7.01. The largest absolute Gasteiger partial charge is 0.461 e. The summed E-state index contributed by atoms with van der Waals surface area (Å²) >= 11 is 0. The summed E-state index contributed by atoms with van der Waals surface area (Å²) in [5, 5.41) is 0. The predicted molar refractivity (Wildman–Crippen MR) is 103 cm³/mol. The van der Waals surface area contributed by atoms with Crippen molar-refractivity contribution < 1.29 is 84.2 Å². The Morgan fingerprint density at radius 2 is 0.750 bits per heavy atom. The normalized spacial score (nSPS) is 14.9. The van der Waals surface area contributed by atoms with Crippen molar-refractivity contribution >= 4 is 5.97 Å². The molecular weight excluding hydrogens is 607 g/mol. The van der Waals surface area contributed by atoms with Crippen LogP contribution in [0.5, 0.6) is 0 Å². The number of hydrogen-bond acceptors (Lipinski definition) is 2. The van der Waals surface area contributed by atoms with Gasteiger partial charge in [-0.3, -0.25) is 0 Å². The van der Waals surface area contributed by atoms with Crippen LogP contribution in [-0.2, 0) is 9.53 Å². The zero-order valence-electron chi connectivity index (χ0n) is 20.5. The van der Waals surface area contributed by atoms with Crippen LogP contribution < -0.4 is 0 Å². The Morgan fingerprint density at radius 3 is 1.10 bits per heavy atom. The molecule has 0 heterocycles.